The molecule has 0 N–H and O–H groups in total. The van der Waals surface area contributed by atoms with Crippen molar-refractivity contribution in [3.63, 3.8) is 0 Å². The van der Waals surface area contributed by atoms with Crippen molar-refractivity contribution in [2.75, 3.05) is 0 Å². The number of carbonyl (C=O) groups is 1. The van der Waals surface area contributed by atoms with Crippen molar-refractivity contribution in [2.45, 2.75) is 26.8 Å². The lowest BCUT2D eigenvalue weighted by Crippen LogP contribution is -2.03. The molecule has 0 atom stereocenters. The van der Waals surface area contributed by atoms with Gasteiger partial charge in [-0.1, -0.05) is 18.2 Å². The van der Waals surface area contributed by atoms with Crippen molar-refractivity contribution >= 4 is 44.0 Å². The Hall–Kier alpha value is -1.46. The fourth-order valence-corrected chi connectivity index (χ4v) is 3.88. The van der Waals surface area contributed by atoms with Gasteiger partial charge in [-0.2, -0.15) is 5.10 Å². The first-order chi connectivity index (χ1) is 10.1. The minimum Gasteiger partial charge on any atom is -0.293 e. The van der Waals surface area contributed by atoms with Crippen molar-refractivity contribution < 1.29 is 4.79 Å². The lowest BCUT2D eigenvalue weighted by molar-refractivity contribution is 0.0996. The molecule has 3 rings (SSSR count). The zero-order valence-electron chi connectivity index (χ0n) is 11.9. The molecule has 0 saturated carbocycles. The summed E-state index contributed by atoms with van der Waals surface area (Å²) in [4.78, 5) is 13.2. The molecule has 5 heteroatoms. The van der Waals surface area contributed by atoms with Crippen LogP contribution in [0, 0.1) is 6.92 Å². The fourth-order valence-electron chi connectivity index (χ4n) is 2.40. The Bertz CT molecular complexity index is 799. The number of hydrogen-bond donors (Lipinski definition) is 0. The van der Waals surface area contributed by atoms with Gasteiger partial charge in [0.25, 0.3) is 0 Å². The number of hydrogen-bond acceptors (Lipinski definition) is 3. The van der Waals surface area contributed by atoms with Crippen molar-refractivity contribution in [1.29, 1.82) is 0 Å². The van der Waals surface area contributed by atoms with Crippen LogP contribution in [0.15, 0.2) is 34.1 Å². The number of aryl methyl sites for hydroxylation is 2. The summed E-state index contributed by atoms with van der Waals surface area (Å²) in [5.74, 6) is 0.125. The monoisotopic (exact) mass is 362 g/mol. The highest BCUT2D eigenvalue weighted by atomic mass is 79.9. The molecular formula is C16H15BrN2OS. The third-order valence-corrected chi connectivity index (χ3v) is 5.67. The molecule has 0 aliphatic carbocycles. The first kappa shape index (κ1) is 14.5. The Balaban J connectivity index is 1.96. The van der Waals surface area contributed by atoms with E-state index in [0.29, 0.717) is 6.42 Å². The largest absolute Gasteiger partial charge is 0.293 e. The second kappa shape index (κ2) is 5.73. The molecule has 2 heterocycles. The quantitative estimate of drug-likeness (QED) is 0.635. The first-order valence-corrected chi connectivity index (χ1v) is 8.44. The number of fused-ring (bicyclic) bond motifs is 1. The predicted octanol–water partition coefficient (Wildman–Crippen LogP) is 4.61. The number of thiophene rings is 1. The van der Waals surface area contributed by atoms with E-state index in [4.69, 9.17) is 0 Å². The number of rotatable bonds is 4. The summed E-state index contributed by atoms with van der Waals surface area (Å²) in [7, 11) is 0. The van der Waals surface area contributed by atoms with Crippen LogP contribution in [0.3, 0.4) is 0 Å². The molecule has 0 bridgehead atoms. The highest BCUT2D eigenvalue weighted by molar-refractivity contribution is 9.11. The number of aromatic nitrogens is 2. The van der Waals surface area contributed by atoms with Gasteiger partial charge in [0.2, 0.25) is 0 Å². The number of ketones is 1. The summed E-state index contributed by atoms with van der Waals surface area (Å²) in [6.45, 7) is 4.86. The smallest absolute Gasteiger partial charge is 0.178 e. The topological polar surface area (TPSA) is 34.9 Å². The molecule has 1 aromatic carbocycles. The van der Waals surface area contributed by atoms with E-state index >= 15 is 0 Å². The Morgan fingerprint density at radius 1 is 1.38 bits per heavy atom. The Kier molecular flexibility index (Phi) is 3.95. The summed E-state index contributed by atoms with van der Waals surface area (Å²) in [6.07, 6.45) is 0.347. The normalized spacial score (nSPS) is 11.2. The highest BCUT2D eigenvalue weighted by Crippen LogP contribution is 2.29. The van der Waals surface area contributed by atoms with E-state index in [1.54, 1.807) is 0 Å². The van der Waals surface area contributed by atoms with Crippen LogP contribution < -0.4 is 0 Å². The van der Waals surface area contributed by atoms with Crippen LogP contribution in [-0.2, 0) is 13.0 Å². The maximum atomic E-state index is 12.5. The third kappa shape index (κ3) is 2.68. The van der Waals surface area contributed by atoms with E-state index in [-0.39, 0.29) is 5.78 Å². The number of para-hydroxylation sites is 1. The van der Waals surface area contributed by atoms with Gasteiger partial charge in [-0.25, -0.2) is 0 Å². The van der Waals surface area contributed by atoms with Crippen LogP contribution in [0.4, 0.5) is 0 Å². The summed E-state index contributed by atoms with van der Waals surface area (Å²) in [6, 6.07) is 10.0. The molecule has 0 aliphatic heterocycles. The van der Waals surface area contributed by atoms with E-state index in [1.807, 2.05) is 41.9 Å². The fraction of sp³-hybridized carbons (Fsp3) is 0.250. The van der Waals surface area contributed by atoms with Gasteiger partial charge >= 0.3 is 0 Å². The van der Waals surface area contributed by atoms with Crippen LogP contribution in [0.5, 0.6) is 0 Å². The molecule has 108 valence electrons. The zero-order chi connectivity index (χ0) is 15.0. The van der Waals surface area contributed by atoms with Crippen LogP contribution in [-0.4, -0.2) is 15.6 Å². The standard InChI is InChI=1S/C16H15BrN2OS/c1-3-19-13-7-5-4-6-11(13)12(18-19)9-14(20)15-8-10(2)16(17)21-15/h4-8H,3,9H2,1-2H3. The lowest BCUT2D eigenvalue weighted by atomic mass is 10.1. The minimum atomic E-state index is 0.125. The molecule has 0 amide bonds. The van der Waals surface area contributed by atoms with Crippen LogP contribution in [0.1, 0.15) is 27.9 Å². The summed E-state index contributed by atoms with van der Waals surface area (Å²) in [5, 5.41) is 5.66. The molecule has 0 radical (unpaired) electrons. The zero-order valence-corrected chi connectivity index (χ0v) is 14.3. The average Bonchev–Trinajstić information content (AvgIpc) is 3.01. The first-order valence-electron chi connectivity index (χ1n) is 6.83. The Labute approximate surface area is 135 Å². The molecule has 0 saturated heterocycles. The van der Waals surface area contributed by atoms with Crippen molar-refractivity contribution in [2.24, 2.45) is 0 Å². The van der Waals surface area contributed by atoms with Crippen molar-refractivity contribution in [3.8, 4) is 0 Å². The van der Waals surface area contributed by atoms with E-state index in [9.17, 15) is 4.79 Å². The number of benzene rings is 1. The van der Waals surface area contributed by atoms with Gasteiger partial charge in [-0.15, -0.1) is 11.3 Å². The molecular weight excluding hydrogens is 348 g/mol. The SMILES string of the molecule is CCn1nc(CC(=O)c2cc(C)c(Br)s2)c2ccccc21. The van der Waals surface area contributed by atoms with Gasteiger partial charge in [-0.3, -0.25) is 9.48 Å². The molecule has 21 heavy (non-hydrogen) atoms. The lowest BCUT2D eigenvalue weighted by Gasteiger charge is -1.96. The van der Waals surface area contributed by atoms with Gasteiger partial charge < -0.3 is 0 Å². The van der Waals surface area contributed by atoms with Crippen molar-refractivity contribution in [1.82, 2.24) is 9.78 Å². The number of Topliss-reactive ketones (excluding diaryl/α,β-unsaturated/α-hetero) is 1. The molecule has 3 aromatic rings. The maximum Gasteiger partial charge on any atom is 0.178 e. The van der Waals surface area contributed by atoms with Gasteiger partial charge in [0, 0.05) is 11.9 Å². The highest BCUT2D eigenvalue weighted by Gasteiger charge is 2.16. The van der Waals surface area contributed by atoms with E-state index in [1.165, 1.54) is 11.3 Å². The second-order valence-corrected chi connectivity index (χ2v) is 7.32. The molecule has 0 spiro atoms. The number of halogens is 1. The van der Waals surface area contributed by atoms with Gasteiger partial charge in [0.05, 0.1) is 26.3 Å². The molecule has 0 unspecified atom stereocenters. The second-order valence-electron chi connectivity index (χ2n) is 4.95. The van der Waals surface area contributed by atoms with Crippen LogP contribution in [0.25, 0.3) is 10.9 Å². The van der Waals surface area contributed by atoms with Crippen LogP contribution in [0.2, 0.25) is 0 Å². The summed E-state index contributed by atoms with van der Waals surface area (Å²) < 4.78 is 2.97. The van der Waals surface area contributed by atoms with Gasteiger partial charge in [-0.05, 0) is 47.5 Å². The Morgan fingerprint density at radius 2 is 2.14 bits per heavy atom. The minimum absolute atomic E-state index is 0.125. The van der Waals surface area contributed by atoms with Crippen molar-refractivity contribution in [3.05, 3.63) is 50.3 Å². The van der Waals surface area contributed by atoms with Crippen LogP contribution >= 0.6 is 27.3 Å². The summed E-state index contributed by atoms with van der Waals surface area (Å²) in [5.41, 5.74) is 3.05. The summed E-state index contributed by atoms with van der Waals surface area (Å²) >= 11 is 4.96. The molecule has 2 aromatic heterocycles. The molecule has 0 aliphatic rings. The maximum absolute atomic E-state index is 12.5. The van der Waals surface area contributed by atoms with E-state index in [2.05, 4.69) is 28.0 Å². The van der Waals surface area contributed by atoms with Gasteiger partial charge in [0.1, 0.15) is 0 Å². The number of nitrogens with zero attached hydrogens (tertiary/aromatic N) is 2. The van der Waals surface area contributed by atoms with E-state index < -0.39 is 0 Å². The predicted molar refractivity (Wildman–Crippen MR) is 90.2 cm³/mol. The molecule has 3 nitrogen and oxygen atoms in total. The Morgan fingerprint density at radius 3 is 2.81 bits per heavy atom. The molecule has 0 fully saturated rings. The average molecular weight is 363 g/mol. The number of carbonyl (C=O) groups excluding carboxylic acids is 1. The van der Waals surface area contributed by atoms with E-state index in [0.717, 1.165) is 37.4 Å². The third-order valence-electron chi connectivity index (χ3n) is 3.49. The van der Waals surface area contributed by atoms with Gasteiger partial charge in [0.15, 0.2) is 5.78 Å².